The first-order valence-corrected chi connectivity index (χ1v) is 14.6. The second-order valence-electron chi connectivity index (χ2n) is 9.68. The Bertz CT molecular complexity index is 1620. The van der Waals surface area contributed by atoms with Crippen LogP contribution in [-0.4, -0.2) is 56.9 Å². The number of likely N-dealkylation sites (tertiary alicyclic amines) is 1. The minimum atomic E-state index is -3.76. The van der Waals surface area contributed by atoms with Gasteiger partial charge in [-0.1, -0.05) is 18.6 Å². The molecular formula is C28H31N7O5S. The number of carbonyl (C=O) groups excluding carboxylic acids is 2. The summed E-state index contributed by atoms with van der Waals surface area (Å²) in [7, 11) is -3.76. The largest absolute Gasteiger partial charge is 0.461 e. The zero-order valence-electron chi connectivity index (χ0n) is 22.5. The number of benzene rings is 2. The number of aliphatic imine (C=N–C) groups is 2. The summed E-state index contributed by atoms with van der Waals surface area (Å²) < 4.78 is 28.3. The van der Waals surface area contributed by atoms with E-state index < -0.39 is 15.9 Å². The minimum Gasteiger partial charge on any atom is -0.461 e. The lowest BCUT2D eigenvalue weighted by Gasteiger charge is -2.22. The molecule has 4 N–H and O–H groups in total. The second-order valence-corrected chi connectivity index (χ2v) is 11.2. The number of sulfonamides is 1. The highest BCUT2D eigenvalue weighted by atomic mass is 32.2. The van der Waals surface area contributed by atoms with Crippen LogP contribution < -0.4 is 15.8 Å². The first-order valence-electron chi connectivity index (χ1n) is 13.1. The van der Waals surface area contributed by atoms with Crippen molar-refractivity contribution in [1.29, 1.82) is 5.26 Å². The van der Waals surface area contributed by atoms with Gasteiger partial charge in [-0.15, -0.1) is 0 Å². The van der Waals surface area contributed by atoms with Crippen molar-refractivity contribution in [2.75, 3.05) is 19.6 Å². The van der Waals surface area contributed by atoms with Gasteiger partial charge in [0.1, 0.15) is 11.3 Å². The van der Waals surface area contributed by atoms with Gasteiger partial charge in [-0.2, -0.15) is 5.26 Å². The van der Waals surface area contributed by atoms with E-state index in [-0.39, 0.29) is 29.2 Å². The van der Waals surface area contributed by atoms with E-state index in [0.717, 1.165) is 35.1 Å². The molecule has 13 heteroatoms. The van der Waals surface area contributed by atoms with Crippen molar-refractivity contribution < 1.29 is 22.4 Å². The van der Waals surface area contributed by atoms with E-state index >= 15 is 0 Å². The van der Waals surface area contributed by atoms with Crippen LogP contribution in [0.15, 0.2) is 67.8 Å². The molecule has 0 aliphatic carbocycles. The van der Waals surface area contributed by atoms with Crippen molar-refractivity contribution in [3.63, 3.8) is 0 Å². The number of nitriles is 1. The molecule has 1 unspecified atom stereocenters. The molecule has 214 valence electrons. The summed E-state index contributed by atoms with van der Waals surface area (Å²) in [4.78, 5) is 36.1. The number of rotatable bonds is 8. The summed E-state index contributed by atoms with van der Waals surface area (Å²) in [5.41, 5.74) is 2.13. The molecule has 1 atom stereocenters. The summed E-state index contributed by atoms with van der Waals surface area (Å²) in [6, 6.07) is 13.4. The van der Waals surface area contributed by atoms with Crippen molar-refractivity contribution in [2.24, 2.45) is 21.0 Å². The number of hydrogen-bond donors (Lipinski definition) is 3. The first-order chi connectivity index (χ1) is 19.6. The van der Waals surface area contributed by atoms with Crippen LogP contribution in [0.25, 0.3) is 11.0 Å². The fourth-order valence-electron chi connectivity index (χ4n) is 4.51. The van der Waals surface area contributed by atoms with Crippen LogP contribution in [0.4, 0.5) is 5.69 Å². The molecule has 3 aromatic rings. The lowest BCUT2D eigenvalue weighted by atomic mass is 10.0. The van der Waals surface area contributed by atoms with E-state index in [1.807, 2.05) is 25.2 Å². The molecule has 1 fully saturated rings. The van der Waals surface area contributed by atoms with E-state index in [2.05, 4.69) is 20.6 Å². The Kier molecular flexibility index (Phi) is 9.49. The quantitative estimate of drug-likeness (QED) is 0.159. The summed E-state index contributed by atoms with van der Waals surface area (Å²) in [5, 5.41) is 20.4. The average Bonchev–Trinajstić information content (AvgIpc) is 3.21. The smallest absolute Gasteiger partial charge is 0.239 e. The van der Waals surface area contributed by atoms with Crippen LogP contribution >= 0.6 is 0 Å². The van der Waals surface area contributed by atoms with Crippen LogP contribution in [0.2, 0.25) is 0 Å². The van der Waals surface area contributed by atoms with Crippen molar-refractivity contribution in [3.05, 3.63) is 59.9 Å². The number of hydrogen-bond acceptors (Lipinski definition) is 7. The number of amides is 2. The predicted octanol–water partition coefficient (Wildman–Crippen LogP) is 2.51. The fourth-order valence-corrected chi connectivity index (χ4v) is 5.02. The summed E-state index contributed by atoms with van der Waals surface area (Å²) in [6.07, 6.45) is 5.89. The summed E-state index contributed by atoms with van der Waals surface area (Å²) >= 11 is 0. The van der Waals surface area contributed by atoms with Crippen molar-refractivity contribution in [2.45, 2.75) is 37.5 Å². The summed E-state index contributed by atoms with van der Waals surface area (Å²) in [5.74, 6) is -0.253. The molecule has 1 saturated heterocycles. The van der Waals surface area contributed by atoms with Gasteiger partial charge < -0.3 is 14.6 Å². The second kappa shape index (κ2) is 13.2. The van der Waals surface area contributed by atoms with Gasteiger partial charge in [0.2, 0.25) is 27.8 Å². The van der Waals surface area contributed by atoms with Crippen molar-refractivity contribution in [3.8, 4) is 6.19 Å². The maximum absolute atomic E-state index is 13.2. The van der Waals surface area contributed by atoms with Crippen LogP contribution in [-0.2, 0) is 26.0 Å². The highest BCUT2D eigenvalue weighted by Crippen LogP contribution is 2.24. The van der Waals surface area contributed by atoms with E-state index in [1.54, 1.807) is 24.3 Å². The van der Waals surface area contributed by atoms with Gasteiger partial charge in [0.15, 0.2) is 6.19 Å². The molecule has 0 radical (unpaired) electrons. The van der Waals surface area contributed by atoms with Crippen LogP contribution in [0, 0.1) is 24.3 Å². The Labute approximate surface area is 238 Å². The van der Waals surface area contributed by atoms with E-state index in [4.69, 9.17) is 9.56 Å². The lowest BCUT2D eigenvalue weighted by Crippen LogP contribution is -2.43. The Morgan fingerprint density at radius 3 is 2.73 bits per heavy atom. The molecule has 1 aromatic heterocycles. The maximum Gasteiger partial charge on any atom is 0.239 e. The number of guanidine groups is 1. The fraction of sp³-hybridized carbons (Fsp3) is 0.321. The van der Waals surface area contributed by atoms with Crippen LogP contribution in [0.3, 0.4) is 0 Å². The molecule has 2 aromatic carbocycles. The van der Waals surface area contributed by atoms with E-state index in [0.29, 0.717) is 31.6 Å². The molecule has 2 amide bonds. The highest BCUT2D eigenvalue weighted by molar-refractivity contribution is 7.89. The lowest BCUT2D eigenvalue weighted by molar-refractivity contribution is -0.137. The normalized spacial score (nSPS) is 16.5. The molecule has 0 saturated carbocycles. The zero-order valence-corrected chi connectivity index (χ0v) is 23.4. The maximum atomic E-state index is 13.2. The third-order valence-electron chi connectivity index (χ3n) is 6.55. The predicted molar refractivity (Wildman–Crippen MR) is 154 cm³/mol. The molecule has 4 rings (SSSR count). The topological polar surface area (TPSA) is 183 Å². The van der Waals surface area contributed by atoms with Gasteiger partial charge in [-0.25, -0.2) is 23.5 Å². The van der Waals surface area contributed by atoms with Crippen LogP contribution in [0.1, 0.15) is 30.6 Å². The number of nitrogens with two attached hydrogens (primary N) is 1. The molecule has 2 heterocycles. The third-order valence-corrected chi connectivity index (χ3v) is 7.48. The molecule has 12 nitrogen and oxygen atoms in total. The van der Waals surface area contributed by atoms with Gasteiger partial charge in [0, 0.05) is 24.7 Å². The highest BCUT2D eigenvalue weighted by Gasteiger charge is 2.27. The Balaban J connectivity index is 1.35. The van der Waals surface area contributed by atoms with Crippen molar-refractivity contribution in [1.82, 2.24) is 15.5 Å². The Hall–Kier alpha value is -4.54. The van der Waals surface area contributed by atoms with Gasteiger partial charge in [-0.3, -0.25) is 14.9 Å². The van der Waals surface area contributed by atoms with Crippen molar-refractivity contribution >= 4 is 50.7 Å². The average molecular weight is 578 g/mol. The zero-order chi connectivity index (χ0) is 29.4. The molecule has 41 heavy (non-hydrogen) atoms. The number of aryl methyl sites for hydroxylation is 1. The molecule has 0 spiro atoms. The first kappa shape index (κ1) is 29.4. The Morgan fingerprint density at radius 1 is 1.22 bits per heavy atom. The van der Waals surface area contributed by atoms with E-state index in [1.165, 1.54) is 23.2 Å². The summed E-state index contributed by atoms with van der Waals surface area (Å²) in [6.45, 7) is 2.54. The number of furan rings is 1. The monoisotopic (exact) mass is 577 g/mol. The minimum absolute atomic E-state index is 0.0238. The van der Waals surface area contributed by atoms with Gasteiger partial charge >= 0.3 is 0 Å². The number of nitrogens with zero attached hydrogens (tertiary/aromatic N) is 4. The molecular weight excluding hydrogens is 546 g/mol. The molecule has 1 aliphatic heterocycles. The van der Waals surface area contributed by atoms with Gasteiger partial charge in [0.25, 0.3) is 0 Å². The number of fused-ring (bicyclic) bond motifs is 1. The molecule has 0 bridgehead atoms. The van der Waals surface area contributed by atoms with Gasteiger partial charge in [-0.05, 0) is 68.1 Å². The number of primary sulfonamides is 1. The standard InChI is InChI=1S/C28H31N7O5S/c1-19-14-22-15-23(7-10-25(22)40-19)34-28(33-18-29)32-16-21-4-2-3-13-35(27(21)37)17-26(36)31-12-11-20-5-8-24(9-6-20)41(30,38)39/h5-10,14-16,21H,2-4,11-13,17H2,1H3,(H,31,36)(H,33,34)(H2,30,38,39)/b32-16-. The van der Waals surface area contributed by atoms with E-state index in [9.17, 15) is 23.3 Å². The molecule has 1 aliphatic rings. The number of carbonyl (C=O) groups is 2. The Morgan fingerprint density at radius 2 is 2.00 bits per heavy atom. The third kappa shape index (κ3) is 8.23. The van der Waals surface area contributed by atoms with Gasteiger partial charge in [0.05, 0.1) is 23.0 Å². The van der Waals surface area contributed by atoms with Crippen LogP contribution in [0.5, 0.6) is 0 Å². The number of nitrogens with one attached hydrogen (secondary N) is 2. The SMILES string of the molecule is Cc1cc2cc(N=C(/N=C\C3CCCCN(CC(=O)NCCc4ccc(S(N)(=O)=O)cc4)C3=O)NC#N)ccc2o1.